The summed E-state index contributed by atoms with van der Waals surface area (Å²) in [6.07, 6.45) is 6.76. The molecule has 21 heavy (non-hydrogen) atoms. The van der Waals surface area contributed by atoms with Gasteiger partial charge in [-0.2, -0.15) is 0 Å². The minimum absolute atomic E-state index is 0.170. The second-order valence-corrected chi connectivity index (χ2v) is 6.28. The fourth-order valence-electron chi connectivity index (χ4n) is 2.70. The van der Waals surface area contributed by atoms with Gasteiger partial charge in [-0.25, -0.2) is 10.8 Å². The Bertz CT molecular complexity index is 490. The maximum Gasteiger partial charge on any atom is 0.255 e. The Labute approximate surface area is 133 Å². The highest BCUT2D eigenvalue weighted by atomic mass is 79.9. The van der Waals surface area contributed by atoms with E-state index in [1.54, 1.807) is 12.3 Å². The first kappa shape index (κ1) is 16.2. The van der Waals surface area contributed by atoms with Gasteiger partial charge >= 0.3 is 0 Å². The second-order valence-electron chi connectivity index (χ2n) is 5.37. The summed E-state index contributed by atoms with van der Waals surface area (Å²) in [5.41, 5.74) is 2.88. The van der Waals surface area contributed by atoms with Crippen molar-refractivity contribution in [2.24, 2.45) is 5.84 Å². The van der Waals surface area contributed by atoms with E-state index < -0.39 is 0 Å². The molecular formula is C14H22BrN5O. The van der Waals surface area contributed by atoms with Gasteiger partial charge in [-0.05, 0) is 41.9 Å². The standard InChI is InChI=1S/C14H22BrN5O/c1-20(11-4-2-3-5-11)7-6-17-14(21)12-8-10(15)9-18-13(12)19-16/h8-9,11H,2-7,16H2,1H3,(H,17,21)(H,18,19). The van der Waals surface area contributed by atoms with E-state index >= 15 is 0 Å². The number of anilines is 1. The maximum atomic E-state index is 12.2. The van der Waals surface area contributed by atoms with Gasteiger partial charge in [0.05, 0.1) is 5.56 Å². The van der Waals surface area contributed by atoms with Crippen LogP contribution in [0.1, 0.15) is 36.0 Å². The average Bonchev–Trinajstić information content (AvgIpc) is 3.01. The van der Waals surface area contributed by atoms with Gasteiger partial charge in [0, 0.05) is 29.8 Å². The van der Waals surface area contributed by atoms with Gasteiger partial charge in [-0.15, -0.1) is 0 Å². The summed E-state index contributed by atoms with van der Waals surface area (Å²) in [7, 11) is 2.12. The van der Waals surface area contributed by atoms with Crippen LogP contribution in [0.3, 0.4) is 0 Å². The van der Waals surface area contributed by atoms with Crippen LogP contribution in [-0.4, -0.2) is 42.0 Å². The molecule has 4 N–H and O–H groups in total. The number of likely N-dealkylation sites (N-methyl/N-ethyl adjacent to an activating group) is 1. The normalized spacial score (nSPS) is 15.4. The van der Waals surface area contributed by atoms with Gasteiger partial charge in [0.25, 0.3) is 5.91 Å². The van der Waals surface area contributed by atoms with Gasteiger partial charge in [0.2, 0.25) is 0 Å². The van der Waals surface area contributed by atoms with Crippen molar-refractivity contribution in [2.75, 3.05) is 25.6 Å². The molecule has 1 aliphatic carbocycles. The van der Waals surface area contributed by atoms with Crippen molar-refractivity contribution < 1.29 is 4.79 Å². The Morgan fingerprint density at radius 1 is 1.52 bits per heavy atom. The van der Waals surface area contributed by atoms with E-state index in [2.05, 4.69) is 43.6 Å². The van der Waals surface area contributed by atoms with Crippen molar-refractivity contribution in [3.05, 3.63) is 22.3 Å². The van der Waals surface area contributed by atoms with Crippen LogP contribution < -0.4 is 16.6 Å². The molecule has 0 bridgehead atoms. The first-order chi connectivity index (χ1) is 10.1. The number of carbonyl (C=O) groups is 1. The highest BCUT2D eigenvalue weighted by Crippen LogP contribution is 2.22. The summed E-state index contributed by atoms with van der Waals surface area (Å²) in [6.45, 7) is 1.46. The molecule has 1 amide bonds. The van der Waals surface area contributed by atoms with Crippen molar-refractivity contribution in [1.29, 1.82) is 0 Å². The van der Waals surface area contributed by atoms with E-state index in [1.165, 1.54) is 25.7 Å². The van der Waals surface area contributed by atoms with Crippen LogP contribution >= 0.6 is 15.9 Å². The number of nitrogen functional groups attached to an aromatic ring is 1. The summed E-state index contributed by atoms with van der Waals surface area (Å²) >= 11 is 3.31. The molecule has 1 aliphatic rings. The van der Waals surface area contributed by atoms with Crippen LogP contribution in [-0.2, 0) is 0 Å². The minimum Gasteiger partial charge on any atom is -0.351 e. The fourth-order valence-corrected chi connectivity index (χ4v) is 3.03. The minimum atomic E-state index is -0.170. The number of amides is 1. The van der Waals surface area contributed by atoms with Gasteiger partial charge < -0.3 is 15.6 Å². The molecule has 0 spiro atoms. The predicted octanol–water partition coefficient (Wildman–Crippen LogP) is 1.73. The number of pyridine rings is 1. The lowest BCUT2D eigenvalue weighted by Crippen LogP contribution is -2.37. The number of nitrogens with zero attached hydrogens (tertiary/aromatic N) is 2. The smallest absolute Gasteiger partial charge is 0.255 e. The van der Waals surface area contributed by atoms with Crippen LogP contribution in [0.5, 0.6) is 0 Å². The van der Waals surface area contributed by atoms with Crippen molar-refractivity contribution in [2.45, 2.75) is 31.7 Å². The van der Waals surface area contributed by atoms with E-state index in [0.717, 1.165) is 11.0 Å². The van der Waals surface area contributed by atoms with E-state index in [9.17, 15) is 4.79 Å². The summed E-state index contributed by atoms with van der Waals surface area (Å²) in [5, 5.41) is 2.92. The fraction of sp³-hybridized carbons (Fsp3) is 0.571. The molecule has 1 fully saturated rings. The first-order valence-corrected chi connectivity index (χ1v) is 8.01. The Balaban J connectivity index is 1.85. The van der Waals surface area contributed by atoms with Gasteiger partial charge in [-0.3, -0.25) is 4.79 Å². The van der Waals surface area contributed by atoms with Gasteiger partial charge in [0.1, 0.15) is 0 Å². The predicted molar refractivity (Wildman–Crippen MR) is 87.0 cm³/mol. The van der Waals surface area contributed by atoms with E-state index in [0.29, 0.717) is 24.0 Å². The molecule has 2 rings (SSSR count). The third-order valence-electron chi connectivity index (χ3n) is 3.93. The van der Waals surface area contributed by atoms with Gasteiger partial charge in [0.15, 0.2) is 5.82 Å². The Kier molecular flexibility index (Phi) is 5.96. The molecule has 1 heterocycles. The lowest BCUT2D eigenvalue weighted by Gasteiger charge is -2.24. The number of hydrazine groups is 1. The number of hydrogen-bond donors (Lipinski definition) is 3. The molecule has 0 aliphatic heterocycles. The SMILES string of the molecule is CN(CCNC(=O)c1cc(Br)cnc1NN)C1CCCC1. The number of nitrogens with two attached hydrogens (primary N) is 1. The van der Waals surface area contributed by atoms with Crippen molar-refractivity contribution >= 4 is 27.7 Å². The monoisotopic (exact) mass is 355 g/mol. The number of halogens is 1. The summed E-state index contributed by atoms with van der Waals surface area (Å²) < 4.78 is 0.745. The third-order valence-corrected chi connectivity index (χ3v) is 4.37. The lowest BCUT2D eigenvalue weighted by atomic mass is 10.2. The summed E-state index contributed by atoms with van der Waals surface area (Å²) in [6, 6.07) is 2.37. The van der Waals surface area contributed by atoms with Crippen LogP contribution in [0.25, 0.3) is 0 Å². The Morgan fingerprint density at radius 3 is 2.90 bits per heavy atom. The molecule has 0 unspecified atom stereocenters. The van der Waals surface area contributed by atoms with Crippen molar-refractivity contribution in [3.8, 4) is 0 Å². The van der Waals surface area contributed by atoms with E-state index in [4.69, 9.17) is 5.84 Å². The molecule has 0 radical (unpaired) electrons. The maximum absolute atomic E-state index is 12.2. The second kappa shape index (κ2) is 7.72. The highest BCUT2D eigenvalue weighted by Gasteiger charge is 2.19. The zero-order valence-corrected chi connectivity index (χ0v) is 13.8. The molecular weight excluding hydrogens is 334 g/mol. The molecule has 0 atom stereocenters. The van der Waals surface area contributed by atoms with Crippen LogP contribution in [0.4, 0.5) is 5.82 Å². The number of aromatic nitrogens is 1. The van der Waals surface area contributed by atoms with Crippen molar-refractivity contribution in [3.63, 3.8) is 0 Å². The van der Waals surface area contributed by atoms with E-state index in [-0.39, 0.29) is 5.91 Å². The zero-order valence-electron chi connectivity index (χ0n) is 12.2. The first-order valence-electron chi connectivity index (χ1n) is 7.22. The average molecular weight is 356 g/mol. The number of nitrogens with one attached hydrogen (secondary N) is 2. The summed E-state index contributed by atoms with van der Waals surface area (Å²) in [5.74, 6) is 5.59. The lowest BCUT2D eigenvalue weighted by molar-refractivity contribution is 0.0947. The molecule has 6 nitrogen and oxygen atoms in total. The van der Waals surface area contributed by atoms with Crippen molar-refractivity contribution in [1.82, 2.24) is 15.2 Å². The van der Waals surface area contributed by atoms with Crippen LogP contribution in [0, 0.1) is 0 Å². The number of rotatable bonds is 6. The molecule has 1 saturated carbocycles. The van der Waals surface area contributed by atoms with Gasteiger partial charge in [-0.1, -0.05) is 12.8 Å². The third kappa shape index (κ3) is 4.39. The molecule has 116 valence electrons. The van der Waals surface area contributed by atoms with Crippen LogP contribution in [0.15, 0.2) is 16.7 Å². The molecule has 1 aromatic heterocycles. The molecule has 1 aromatic rings. The Morgan fingerprint density at radius 2 is 2.24 bits per heavy atom. The summed E-state index contributed by atoms with van der Waals surface area (Å²) in [4.78, 5) is 18.6. The highest BCUT2D eigenvalue weighted by molar-refractivity contribution is 9.10. The number of hydrogen-bond acceptors (Lipinski definition) is 5. The van der Waals surface area contributed by atoms with Crippen LogP contribution in [0.2, 0.25) is 0 Å². The molecule has 0 aromatic carbocycles. The molecule has 7 heteroatoms. The topological polar surface area (TPSA) is 83.3 Å². The Hall–Kier alpha value is -1.18. The van der Waals surface area contributed by atoms with E-state index in [1.807, 2.05) is 0 Å². The quantitative estimate of drug-likeness (QED) is 0.534. The molecule has 0 saturated heterocycles. The number of carbonyl (C=O) groups excluding carboxylic acids is 1. The zero-order chi connectivity index (χ0) is 15.2. The largest absolute Gasteiger partial charge is 0.351 e.